The van der Waals surface area contributed by atoms with Crippen molar-refractivity contribution in [2.75, 3.05) is 37.8 Å². The number of aliphatic hydroxyl groups excluding tert-OH is 2. The van der Waals surface area contributed by atoms with Gasteiger partial charge in [0.1, 0.15) is 36.3 Å². The van der Waals surface area contributed by atoms with E-state index in [2.05, 4.69) is 50.4 Å². The number of thioether (sulfide) groups is 1. The van der Waals surface area contributed by atoms with Gasteiger partial charge in [0.25, 0.3) is 23.5 Å². The average Bonchev–Trinajstić information content (AvgIpc) is 3.76. The number of hydrogen-bond donors (Lipinski definition) is 6. The molecule has 1 saturated heterocycles. The number of nitrogens with two attached hydrogens (primary N) is 1. The number of hydrogen-bond acceptors (Lipinski definition) is 21. The molecule has 1 fully saturated rings. The van der Waals surface area contributed by atoms with E-state index in [4.69, 9.17) is 10.5 Å². The van der Waals surface area contributed by atoms with Gasteiger partial charge >= 0.3 is 88.7 Å². The predicted molar refractivity (Wildman–Crippen MR) is 222 cm³/mol. The Labute approximate surface area is 454 Å². The first kappa shape index (κ1) is 66.6. The molecule has 0 bridgehead atoms. The number of aliphatic hydroxyl groups is 2. The molecular weight excluding hydrogens is 984 g/mol. The smallest absolute Gasteiger partial charge is 0.756 e. The third-order valence-corrected chi connectivity index (χ3v) is 13.7. The van der Waals surface area contributed by atoms with Crippen molar-refractivity contribution in [2.24, 2.45) is 5.41 Å². The van der Waals surface area contributed by atoms with E-state index in [-0.39, 0.29) is 130 Å². The van der Waals surface area contributed by atoms with E-state index in [1.807, 2.05) is 0 Å². The Bertz CT molecular complexity index is 1940. The minimum Gasteiger partial charge on any atom is -0.756 e. The van der Waals surface area contributed by atoms with Crippen LogP contribution in [-0.4, -0.2) is 108 Å². The van der Waals surface area contributed by atoms with Crippen LogP contribution in [0.1, 0.15) is 110 Å². The first-order valence-corrected chi connectivity index (χ1v) is 26.0. The molecule has 3 rings (SSSR count). The molecule has 8 unspecified atom stereocenters. The normalized spacial score (nSPS) is 20.4. The van der Waals surface area contributed by atoms with Gasteiger partial charge in [-0.15, -0.1) is 0 Å². The standard InChI is InChI=1S/C35H62N7O17P3S.3Na/c1-4-5-6-7-8-9-10-11-12-13-14-15-26(44)63-19-18-37-25(43)16-17-38-33(47)30(46)35(2,3)21-56-62(53,54)59-61(51,52)55-20-24-29(58-60(48,49)50)28(45)34(57-24)42-23-41-27-31(36)39-22-40-32(27)42;;;/h22-24,28-30,34,45-46H,4-21H2,1-3H3,(H,37,43)(H,38,47)(H,51,52)(H,53,54)(H2,36,39,40)(H2,48,49,50);;;/q;3*+1/p-3. The number of carbonyl (C=O) groups is 3. The van der Waals surface area contributed by atoms with Gasteiger partial charge < -0.3 is 64.5 Å². The van der Waals surface area contributed by atoms with Crippen molar-refractivity contribution >= 4 is 69.1 Å². The zero-order valence-corrected chi connectivity index (χ0v) is 47.9. The van der Waals surface area contributed by atoms with Crippen molar-refractivity contribution < 1.29 is 169 Å². The zero-order chi connectivity index (χ0) is 46.8. The molecule has 360 valence electrons. The molecule has 24 nitrogen and oxygen atoms in total. The number of phosphoric ester groups is 3. The second-order valence-corrected chi connectivity index (χ2v) is 20.8. The van der Waals surface area contributed by atoms with Crippen LogP contribution < -0.4 is 120 Å². The van der Waals surface area contributed by atoms with Crippen LogP contribution in [0.2, 0.25) is 0 Å². The van der Waals surface area contributed by atoms with E-state index in [1.165, 1.54) is 65.2 Å². The van der Waals surface area contributed by atoms with Gasteiger partial charge in [-0.1, -0.05) is 96.7 Å². The Morgan fingerprint density at radius 2 is 1.50 bits per heavy atom. The molecule has 0 aliphatic carbocycles. The monoisotopic (exact) mass is 1040 g/mol. The molecule has 0 saturated carbocycles. The number of fused-ring (bicyclic) bond motifs is 1. The third kappa shape index (κ3) is 24.3. The summed E-state index contributed by atoms with van der Waals surface area (Å²) >= 11 is 1.14. The van der Waals surface area contributed by atoms with Crippen molar-refractivity contribution in [3.05, 3.63) is 12.7 Å². The van der Waals surface area contributed by atoms with Crippen LogP contribution in [0.5, 0.6) is 0 Å². The Morgan fingerprint density at radius 3 is 2.11 bits per heavy atom. The van der Waals surface area contributed by atoms with Gasteiger partial charge in [0.2, 0.25) is 11.8 Å². The third-order valence-electron chi connectivity index (χ3n) is 9.73. The van der Waals surface area contributed by atoms with Crippen molar-refractivity contribution in [2.45, 2.75) is 135 Å². The van der Waals surface area contributed by atoms with Crippen LogP contribution in [0.25, 0.3) is 11.2 Å². The van der Waals surface area contributed by atoms with Crippen LogP contribution in [-0.2, 0) is 50.7 Å². The average molecular weight is 1040 g/mol. The van der Waals surface area contributed by atoms with Crippen LogP contribution in [0.3, 0.4) is 0 Å². The molecule has 31 heteroatoms. The number of nitrogens with one attached hydrogen (secondary N) is 2. The number of carbonyl (C=O) groups excluding carboxylic acids is 3. The summed E-state index contributed by atoms with van der Waals surface area (Å²) in [5, 5.41) is 26.5. The number of imidazole rings is 1. The first-order chi connectivity index (χ1) is 29.6. The number of ether oxygens (including phenoxy) is 1. The minimum atomic E-state index is -5.90. The van der Waals surface area contributed by atoms with Gasteiger partial charge in [-0.25, -0.2) is 19.3 Å². The molecule has 2 aromatic rings. The molecule has 2 aromatic heterocycles. The fourth-order valence-electron chi connectivity index (χ4n) is 6.28. The minimum absolute atomic E-state index is 0. The molecule has 7 N–H and O–H groups in total. The summed E-state index contributed by atoms with van der Waals surface area (Å²) in [6.07, 6.45) is 6.22. The van der Waals surface area contributed by atoms with Gasteiger partial charge in [0.05, 0.1) is 19.5 Å². The van der Waals surface area contributed by atoms with E-state index >= 15 is 0 Å². The maximum Gasteiger partial charge on any atom is 1.00 e. The fourth-order valence-corrected chi connectivity index (χ4v) is 9.75. The number of rotatable bonds is 31. The molecule has 2 amide bonds. The molecule has 0 spiro atoms. The second-order valence-electron chi connectivity index (χ2n) is 15.5. The van der Waals surface area contributed by atoms with E-state index in [0.717, 1.165) is 48.2 Å². The van der Waals surface area contributed by atoms with Crippen molar-refractivity contribution in [1.29, 1.82) is 0 Å². The van der Waals surface area contributed by atoms with Crippen LogP contribution >= 0.6 is 35.2 Å². The van der Waals surface area contributed by atoms with E-state index in [9.17, 15) is 57.9 Å². The Kier molecular flexibility index (Phi) is 32.9. The Morgan fingerprint density at radius 1 is 0.909 bits per heavy atom. The number of aromatic nitrogens is 4. The maximum absolute atomic E-state index is 12.6. The summed E-state index contributed by atoms with van der Waals surface area (Å²) in [5.74, 6) is -1.11. The van der Waals surface area contributed by atoms with E-state index in [1.54, 1.807) is 0 Å². The quantitative estimate of drug-likeness (QED) is 0.0232. The molecule has 0 radical (unpaired) electrons. The number of nitrogen functional groups attached to an aromatic ring is 1. The molecule has 1 aliphatic rings. The van der Waals surface area contributed by atoms with Gasteiger partial charge in [0.15, 0.2) is 22.8 Å². The van der Waals surface area contributed by atoms with Crippen molar-refractivity contribution in [3.63, 3.8) is 0 Å². The van der Waals surface area contributed by atoms with Gasteiger partial charge in [0, 0.05) is 37.1 Å². The first-order valence-electron chi connectivity index (χ1n) is 20.5. The summed E-state index contributed by atoms with van der Waals surface area (Å²) < 4.78 is 61.1. The number of nitrogens with zero attached hydrogens (tertiary/aromatic N) is 4. The number of amides is 2. The Balaban J connectivity index is 0.0000141. The van der Waals surface area contributed by atoms with Crippen LogP contribution in [0.15, 0.2) is 12.7 Å². The van der Waals surface area contributed by atoms with Gasteiger partial charge in [-0.3, -0.25) is 32.6 Å². The molecular formula is C35H59N7Na3O17P3S. The van der Waals surface area contributed by atoms with Crippen molar-refractivity contribution in [3.8, 4) is 0 Å². The molecule has 1 aliphatic heterocycles. The summed E-state index contributed by atoms with van der Waals surface area (Å²) in [6.45, 7) is 2.44. The largest absolute Gasteiger partial charge is 1.00 e. The topological polar surface area (TPSA) is 372 Å². The number of phosphoric acid groups is 3. The summed E-state index contributed by atoms with van der Waals surface area (Å²) in [7, 11) is -17.3. The Hall–Kier alpha value is 0.560. The van der Waals surface area contributed by atoms with E-state index < -0.39 is 84.6 Å². The molecule has 66 heavy (non-hydrogen) atoms. The number of unbranched alkanes of at least 4 members (excludes halogenated alkanes) is 10. The zero-order valence-electron chi connectivity index (χ0n) is 38.4. The SMILES string of the molecule is CCCCCCCCCCCCCC(=O)SCCNC(=O)CCNC(=O)C(O)C(C)(C)COP(=O)([O-])OP(=O)([O-])OCC1OC(n2cnc3c(N)ncnc32)C(O)C1OP(=O)([O-])O.[Na+].[Na+].[Na+]. The summed E-state index contributed by atoms with van der Waals surface area (Å²) in [6, 6.07) is 0. The molecule has 3 heterocycles. The van der Waals surface area contributed by atoms with Gasteiger partial charge in [-0.2, -0.15) is 0 Å². The van der Waals surface area contributed by atoms with E-state index in [0.29, 0.717) is 12.2 Å². The fraction of sp³-hybridized carbons (Fsp3) is 0.771. The van der Waals surface area contributed by atoms with Crippen molar-refractivity contribution in [1.82, 2.24) is 30.2 Å². The molecule has 0 aromatic carbocycles. The molecule has 8 atom stereocenters. The van der Waals surface area contributed by atoms with Crippen LogP contribution in [0, 0.1) is 5.41 Å². The summed E-state index contributed by atoms with van der Waals surface area (Å²) in [4.78, 5) is 94.6. The second kappa shape index (κ2) is 32.6. The van der Waals surface area contributed by atoms with Crippen LogP contribution in [0.4, 0.5) is 5.82 Å². The predicted octanol–water partition coefficient (Wildman–Crippen LogP) is -7.52. The van der Waals surface area contributed by atoms with Gasteiger partial charge in [-0.05, 0) is 6.42 Å². The number of anilines is 1. The maximum atomic E-state index is 12.6. The summed E-state index contributed by atoms with van der Waals surface area (Å²) in [5.41, 5.74) is 4.13.